The van der Waals surface area contributed by atoms with Gasteiger partial charge in [-0.2, -0.15) is 4.98 Å². The van der Waals surface area contributed by atoms with Crippen LogP contribution in [0.2, 0.25) is 0 Å². The number of hydrogen-bond donors (Lipinski definition) is 0. The molecule has 0 aliphatic carbocycles. The molecule has 16 heavy (non-hydrogen) atoms. The van der Waals surface area contributed by atoms with Gasteiger partial charge in [-0.1, -0.05) is 13.8 Å². The molecule has 0 saturated carbocycles. The van der Waals surface area contributed by atoms with E-state index in [1.807, 2.05) is 13.8 Å². The largest absolute Gasteiger partial charge is 0.477 e. The molecular formula is C11H16N2O3. The average Bonchev–Trinajstić information content (AvgIpc) is 2.27. The van der Waals surface area contributed by atoms with Crippen LogP contribution in [0.1, 0.15) is 31.4 Å². The average molecular weight is 224 g/mol. The summed E-state index contributed by atoms with van der Waals surface area (Å²) in [6, 6.07) is 1.62. The van der Waals surface area contributed by atoms with Crippen LogP contribution in [0.4, 0.5) is 0 Å². The summed E-state index contributed by atoms with van der Waals surface area (Å²) in [7, 11) is 0. The maximum Gasteiger partial charge on any atom is 0.376 e. The fourth-order valence-electron chi connectivity index (χ4n) is 0.969. The van der Waals surface area contributed by atoms with Crippen LogP contribution in [0, 0.1) is 5.92 Å². The number of carbonyl (C=O) groups excluding carboxylic acids is 1. The van der Waals surface area contributed by atoms with Crippen LogP contribution < -0.4 is 4.74 Å². The van der Waals surface area contributed by atoms with E-state index >= 15 is 0 Å². The summed E-state index contributed by atoms with van der Waals surface area (Å²) in [6.45, 7) is 6.66. The first kappa shape index (κ1) is 12.4. The molecule has 0 spiro atoms. The molecule has 0 fully saturated rings. The minimum atomic E-state index is -0.530. The van der Waals surface area contributed by atoms with Crippen LogP contribution in [0.5, 0.6) is 5.88 Å². The molecule has 1 aromatic rings. The third-order valence-corrected chi connectivity index (χ3v) is 1.65. The summed E-state index contributed by atoms with van der Waals surface area (Å²) >= 11 is 0. The maximum absolute atomic E-state index is 11.3. The maximum atomic E-state index is 11.3. The second kappa shape index (κ2) is 6.05. The molecule has 5 nitrogen and oxygen atoms in total. The molecule has 0 saturated heterocycles. The summed E-state index contributed by atoms with van der Waals surface area (Å²) < 4.78 is 10.2. The molecular weight excluding hydrogens is 208 g/mol. The van der Waals surface area contributed by atoms with Crippen molar-refractivity contribution in [2.75, 3.05) is 13.2 Å². The SMILES string of the molecule is CCOC(=O)c1nccc(OCC(C)C)n1. The van der Waals surface area contributed by atoms with Gasteiger partial charge in [0.25, 0.3) is 0 Å². The molecule has 0 aliphatic heterocycles. The Morgan fingerprint density at radius 2 is 2.25 bits per heavy atom. The molecule has 0 aliphatic rings. The van der Waals surface area contributed by atoms with Gasteiger partial charge in [0.2, 0.25) is 11.7 Å². The van der Waals surface area contributed by atoms with Crippen molar-refractivity contribution in [1.29, 1.82) is 0 Å². The first-order chi connectivity index (χ1) is 7.63. The van der Waals surface area contributed by atoms with Crippen LogP contribution >= 0.6 is 0 Å². The van der Waals surface area contributed by atoms with Gasteiger partial charge < -0.3 is 9.47 Å². The summed E-state index contributed by atoms with van der Waals surface area (Å²) in [5.74, 6) is 0.299. The Balaban J connectivity index is 2.67. The number of hydrogen-bond acceptors (Lipinski definition) is 5. The van der Waals surface area contributed by atoms with E-state index in [2.05, 4.69) is 9.97 Å². The lowest BCUT2D eigenvalue weighted by molar-refractivity contribution is 0.0510. The Kier molecular flexibility index (Phi) is 4.69. The second-order valence-electron chi connectivity index (χ2n) is 3.64. The van der Waals surface area contributed by atoms with Crippen molar-refractivity contribution in [2.45, 2.75) is 20.8 Å². The van der Waals surface area contributed by atoms with Gasteiger partial charge in [0.1, 0.15) is 0 Å². The highest BCUT2D eigenvalue weighted by Crippen LogP contribution is 2.07. The molecule has 88 valence electrons. The minimum absolute atomic E-state index is 0.0307. The molecule has 1 aromatic heterocycles. The normalized spacial score (nSPS) is 10.2. The molecule has 1 rings (SSSR count). The lowest BCUT2D eigenvalue weighted by Gasteiger charge is -2.07. The van der Waals surface area contributed by atoms with E-state index in [9.17, 15) is 4.79 Å². The van der Waals surface area contributed by atoms with Crippen LogP contribution in [0.15, 0.2) is 12.3 Å². The van der Waals surface area contributed by atoms with Crippen LogP contribution in [0.25, 0.3) is 0 Å². The van der Waals surface area contributed by atoms with Crippen molar-refractivity contribution in [3.05, 3.63) is 18.1 Å². The van der Waals surface area contributed by atoms with Crippen LogP contribution in [-0.4, -0.2) is 29.2 Å². The number of nitrogens with zero attached hydrogens (tertiary/aromatic N) is 2. The molecule has 0 N–H and O–H groups in total. The Morgan fingerprint density at radius 3 is 2.88 bits per heavy atom. The number of rotatable bonds is 5. The van der Waals surface area contributed by atoms with Gasteiger partial charge in [-0.05, 0) is 12.8 Å². The fourth-order valence-corrected chi connectivity index (χ4v) is 0.969. The Hall–Kier alpha value is -1.65. The van der Waals surface area contributed by atoms with Crippen LogP contribution in [0.3, 0.4) is 0 Å². The monoisotopic (exact) mass is 224 g/mol. The zero-order valence-corrected chi connectivity index (χ0v) is 9.77. The summed E-state index contributed by atoms with van der Waals surface area (Å²) in [5, 5.41) is 0. The Morgan fingerprint density at radius 1 is 1.50 bits per heavy atom. The van der Waals surface area contributed by atoms with E-state index in [1.165, 1.54) is 6.20 Å². The molecule has 0 radical (unpaired) electrons. The van der Waals surface area contributed by atoms with Gasteiger partial charge in [-0.3, -0.25) is 0 Å². The van der Waals surface area contributed by atoms with Gasteiger partial charge in [0.05, 0.1) is 13.2 Å². The van der Waals surface area contributed by atoms with E-state index in [0.29, 0.717) is 25.0 Å². The van der Waals surface area contributed by atoms with E-state index in [-0.39, 0.29) is 5.82 Å². The zero-order chi connectivity index (χ0) is 12.0. The summed E-state index contributed by atoms with van der Waals surface area (Å²) in [4.78, 5) is 19.1. The lowest BCUT2D eigenvalue weighted by Crippen LogP contribution is -2.11. The topological polar surface area (TPSA) is 61.3 Å². The van der Waals surface area contributed by atoms with Crippen molar-refractivity contribution >= 4 is 5.97 Å². The molecule has 0 unspecified atom stereocenters. The van der Waals surface area contributed by atoms with Crippen LogP contribution in [-0.2, 0) is 4.74 Å². The summed E-state index contributed by atoms with van der Waals surface area (Å²) in [5.41, 5.74) is 0. The lowest BCUT2D eigenvalue weighted by atomic mass is 10.2. The number of ether oxygens (including phenoxy) is 2. The van der Waals surface area contributed by atoms with Crippen molar-refractivity contribution in [3.63, 3.8) is 0 Å². The zero-order valence-electron chi connectivity index (χ0n) is 9.77. The predicted octanol–water partition coefficient (Wildman–Crippen LogP) is 1.69. The molecule has 0 aromatic carbocycles. The van der Waals surface area contributed by atoms with Crippen molar-refractivity contribution in [1.82, 2.24) is 9.97 Å². The van der Waals surface area contributed by atoms with Gasteiger partial charge >= 0.3 is 5.97 Å². The van der Waals surface area contributed by atoms with Crippen molar-refractivity contribution < 1.29 is 14.3 Å². The number of aromatic nitrogens is 2. The van der Waals surface area contributed by atoms with Gasteiger partial charge in [-0.25, -0.2) is 9.78 Å². The first-order valence-electron chi connectivity index (χ1n) is 5.26. The predicted molar refractivity (Wildman–Crippen MR) is 58.3 cm³/mol. The standard InChI is InChI=1S/C11H16N2O3/c1-4-15-11(14)10-12-6-5-9(13-10)16-7-8(2)3/h5-6,8H,4,7H2,1-3H3. The highest BCUT2D eigenvalue weighted by Gasteiger charge is 2.11. The number of esters is 1. The third-order valence-electron chi connectivity index (χ3n) is 1.65. The molecule has 0 bridgehead atoms. The third kappa shape index (κ3) is 3.84. The van der Waals surface area contributed by atoms with E-state index in [1.54, 1.807) is 13.0 Å². The fraction of sp³-hybridized carbons (Fsp3) is 0.545. The van der Waals surface area contributed by atoms with Gasteiger partial charge in [0.15, 0.2) is 0 Å². The van der Waals surface area contributed by atoms with E-state index in [0.717, 1.165) is 0 Å². The van der Waals surface area contributed by atoms with Crippen molar-refractivity contribution in [2.24, 2.45) is 5.92 Å². The number of carbonyl (C=O) groups is 1. The Bertz CT molecular complexity index is 353. The van der Waals surface area contributed by atoms with E-state index < -0.39 is 5.97 Å². The van der Waals surface area contributed by atoms with E-state index in [4.69, 9.17) is 9.47 Å². The molecule has 5 heteroatoms. The molecule has 1 heterocycles. The molecule has 0 atom stereocenters. The van der Waals surface area contributed by atoms with Gasteiger partial charge in [-0.15, -0.1) is 0 Å². The van der Waals surface area contributed by atoms with Gasteiger partial charge in [0, 0.05) is 12.3 Å². The van der Waals surface area contributed by atoms with Crippen molar-refractivity contribution in [3.8, 4) is 5.88 Å². The highest BCUT2D eigenvalue weighted by molar-refractivity contribution is 5.85. The second-order valence-corrected chi connectivity index (χ2v) is 3.64. The highest BCUT2D eigenvalue weighted by atomic mass is 16.5. The smallest absolute Gasteiger partial charge is 0.376 e. The summed E-state index contributed by atoms with van der Waals surface area (Å²) in [6.07, 6.45) is 1.48. The quantitative estimate of drug-likeness (QED) is 0.712. The minimum Gasteiger partial charge on any atom is -0.477 e. The molecule has 0 amide bonds. The Labute approximate surface area is 94.8 Å². The first-order valence-corrected chi connectivity index (χ1v) is 5.26.